The van der Waals surface area contributed by atoms with Crippen LogP contribution in [0.4, 0.5) is 5.82 Å². The third-order valence-corrected chi connectivity index (χ3v) is 5.50. The van der Waals surface area contributed by atoms with Gasteiger partial charge in [0.15, 0.2) is 0 Å². The molecule has 1 aromatic carbocycles. The molecular formula is C19H21N5OS. The Morgan fingerprint density at radius 1 is 1.23 bits per heavy atom. The minimum atomic E-state index is -0.0632. The van der Waals surface area contributed by atoms with E-state index in [1.54, 1.807) is 17.7 Å². The number of fused-ring (bicyclic) bond motifs is 1. The number of nitrogens with zero attached hydrogens (tertiary/aromatic N) is 4. The first-order chi connectivity index (χ1) is 12.7. The average Bonchev–Trinajstić information content (AvgIpc) is 3.30. The number of aromatic nitrogens is 3. The van der Waals surface area contributed by atoms with Crippen molar-refractivity contribution in [2.45, 2.75) is 26.2 Å². The van der Waals surface area contributed by atoms with Crippen molar-refractivity contribution in [3.63, 3.8) is 0 Å². The molecule has 3 heterocycles. The maximum atomic E-state index is 12.4. The molecule has 4 rings (SSSR count). The summed E-state index contributed by atoms with van der Waals surface area (Å²) < 4.78 is 1.04. The summed E-state index contributed by atoms with van der Waals surface area (Å²) in [5, 5.41) is 3.99. The maximum absolute atomic E-state index is 12.4. The van der Waals surface area contributed by atoms with Crippen LogP contribution in [-0.4, -0.2) is 40.5 Å². The van der Waals surface area contributed by atoms with Crippen LogP contribution >= 0.6 is 11.3 Å². The number of anilines is 1. The van der Waals surface area contributed by atoms with Gasteiger partial charge in [-0.25, -0.2) is 15.0 Å². The Bertz CT molecular complexity index is 933. The molecule has 0 saturated carbocycles. The summed E-state index contributed by atoms with van der Waals surface area (Å²) in [4.78, 5) is 27.8. The number of aryl methyl sites for hydroxylation is 1. The molecule has 134 valence electrons. The monoisotopic (exact) mass is 367 g/mol. The topological polar surface area (TPSA) is 71.0 Å². The number of hydrogen-bond donors (Lipinski definition) is 1. The van der Waals surface area contributed by atoms with E-state index in [1.165, 1.54) is 12.8 Å². The summed E-state index contributed by atoms with van der Waals surface area (Å²) in [5.41, 5.74) is 2.57. The minimum absolute atomic E-state index is 0.0632. The molecule has 0 bridgehead atoms. The van der Waals surface area contributed by atoms with Crippen LogP contribution in [0.3, 0.4) is 0 Å². The van der Waals surface area contributed by atoms with Gasteiger partial charge in [-0.2, -0.15) is 0 Å². The Kier molecular flexibility index (Phi) is 4.79. The first-order valence-electron chi connectivity index (χ1n) is 8.90. The molecule has 1 amide bonds. The number of benzene rings is 1. The largest absolute Gasteiger partial charge is 0.357 e. The predicted molar refractivity (Wildman–Crippen MR) is 104 cm³/mol. The van der Waals surface area contributed by atoms with Crippen molar-refractivity contribution < 1.29 is 4.79 Å². The Morgan fingerprint density at radius 2 is 2.08 bits per heavy atom. The molecule has 0 aliphatic carbocycles. The van der Waals surface area contributed by atoms with Crippen LogP contribution in [0.1, 0.15) is 33.9 Å². The first-order valence-corrected chi connectivity index (χ1v) is 9.72. The van der Waals surface area contributed by atoms with E-state index in [2.05, 4.69) is 25.2 Å². The minimum Gasteiger partial charge on any atom is -0.357 e. The van der Waals surface area contributed by atoms with Crippen molar-refractivity contribution in [1.29, 1.82) is 0 Å². The van der Waals surface area contributed by atoms with Gasteiger partial charge in [0, 0.05) is 43.4 Å². The lowest BCUT2D eigenvalue weighted by Gasteiger charge is -2.16. The van der Waals surface area contributed by atoms with E-state index in [9.17, 15) is 4.79 Å². The fourth-order valence-electron chi connectivity index (χ4n) is 3.23. The van der Waals surface area contributed by atoms with Gasteiger partial charge in [-0.1, -0.05) is 0 Å². The normalized spacial score (nSPS) is 14.1. The average molecular weight is 367 g/mol. The number of carbonyl (C=O) groups excluding carboxylic acids is 1. The lowest BCUT2D eigenvalue weighted by molar-refractivity contribution is 0.0954. The highest BCUT2D eigenvalue weighted by Crippen LogP contribution is 2.22. The molecule has 6 nitrogen and oxygen atoms in total. The molecule has 1 aliphatic rings. The van der Waals surface area contributed by atoms with Gasteiger partial charge in [-0.3, -0.25) is 4.79 Å². The zero-order valence-corrected chi connectivity index (χ0v) is 15.6. The molecule has 1 N–H and O–H groups in total. The van der Waals surface area contributed by atoms with Gasteiger partial charge < -0.3 is 10.2 Å². The smallest absolute Gasteiger partial charge is 0.251 e. The molecule has 1 aliphatic heterocycles. The summed E-state index contributed by atoms with van der Waals surface area (Å²) in [6.07, 6.45) is 4.75. The number of rotatable bonds is 5. The molecule has 26 heavy (non-hydrogen) atoms. The van der Waals surface area contributed by atoms with E-state index in [1.807, 2.05) is 31.2 Å². The Hall–Kier alpha value is -2.54. The number of carbonyl (C=O) groups is 1. The van der Waals surface area contributed by atoms with E-state index in [0.717, 1.165) is 39.8 Å². The van der Waals surface area contributed by atoms with Crippen molar-refractivity contribution >= 4 is 33.3 Å². The van der Waals surface area contributed by atoms with E-state index in [0.29, 0.717) is 18.5 Å². The van der Waals surface area contributed by atoms with Crippen LogP contribution in [-0.2, 0) is 6.42 Å². The van der Waals surface area contributed by atoms with Crippen LogP contribution in [0.25, 0.3) is 10.2 Å². The van der Waals surface area contributed by atoms with Gasteiger partial charge in [0.05, 0.1) is 15.2 Å². The molecule has 0 unspecified atom stereocenters. The standard InChI is InChI=1S/C19H21N5OS/c1-13-23-16-5-4-14(10-17(16)26-13)19(25)20-7-6-15-11-18(22-12-21-15)24-8-2-3-9-24/h4-5,10-12H,2-3,6-9H2,1H3,(H,20,25). The highest BCUT2D eigenvalue weighted by Gasteiger charge is 2.14. The van der Waals surface area contributed by atoms with Crippen molar-refractivity contribution in [2.24, 2.45) is 0 Å². The maximum Gasteiger partial charge on any atom is 0.251 e. The molecule has 1 saturated heterocycles. The lowest BCUT2D eigenvalue weighted by atomic mass is 10.2. The van der Waals surface area contributed by atoms with Gasteiger partial charge >= 0.3 is 0 Å². The highest BCUT2D eigenvalue weighted by molar-refractivity contribution is 7.18. The highest BCUT2D eigenvalue weighted by atomic mass is 32.1. The van der Waals surface area contributed by atoms with Gasteiger partial charge in [-0.15, -0.1) is 11.3 Å². The summed E-state index contributed by atoms with van der Waals surface area (Å²) >= 11 is 1.61. The fourth-order valence-corrected chi connectivity index (χ4v) is 4.10. The molecule has 0 atom stereocenters. The Labute approximate surface area is 156 Å². The van der Waals surface area contributed by atoms with Gasteiger partial charge in [0.2, 0.25) is 0 Å². The third-order valence-electron chi connectivity index (χ3n) is 4.56. The number of thiazole rings is 1. The van der Waals surface area contributed by atoms with Crippen LogP contribution < -0.4 is 10.2 Å². The molecule has 0 spiro atoms. The summed E-state index contributed by atoms with van der Waals surface area (Å²) in [7, 11) is 0. The van der Waals surface area contributed by atoms with E-state index in [4.69, 9.17) is 0 Å². The van der Waals surface area contributed by atoms with E-state index < -0.39 is 0 Å². The zero-order valence-electron chi connectivity index (χ0n) is 14.7. The van der Waals surface area contributed by atoms with Gasteiger partial charge in [0.1, 0.15) is 12.1 Å². The van der Waals surface area contributed by atoms with Crippen molar-refractivity contribution in [2.75, 3.05) is 24.5 Å². The second-order valence-electron chi connectivity index (χ2n) is 6.48. The first kappa shape index (κ1) is 16.9. The second-order valence-corrected chi connectivity index (χ2v) is 7.72. The summed E-state index contributed by atoms with van der Waals surface area (Å²) in [6.45, 7) is 4.65. The van der Waals surface area contributed by atoms with Gasteiger partial charge in [0.25, 0.3) is 5.91 Å². The number of amides is 1. The second kappa shape index (κ2) is 7.37. The SMILES string of the molecule is Cc1nc2ccc(C(=O)NCCc3cc(N4CCCC4)ncn3)cc2s1. The molecule has 3 aromatic rings. The van der Waals surface area contributed by atoms with Crippen molar-refractivity contribution in [3.8, 4) is 0 Å². The molecule has 1 fully saturated rings. The molecule has 0 radical (unpaired) electrons. The van der Waals surface area contributed by atoms with E-state index in [-0.39, 0.29) is 5.91 Å². The number of hydrogen-bond acceptors (Lipinski definition) is 6. The number of nitrogens with one attached hydrogen (secondary N) is 1. The summed E-state index contributed by atoms with van der Waals surface area (Å²) in [5.74, 6) is 0.927. The van der Waals surface area contributed by atoms with Crippen molar-refractivity contribution in [1.82, 2.24) is 20.3 Å². The van der Waals surface area contributed by atoms with Crippen LogP contribution in [0.15, 0.2) is 30.6 Å². The van der Waals surface area contributed by atoms with Crippen LogP contribution in [0, 0.1) is 6.92 Å². The van der Waals surface area contributed by atoms with E-state index >= 15 is 0 Å². The fraction of sp³-hybridized carbons (Fsp3) is 0.368. The van der Waals surface area contributed by atoms with Crippen LogP contribution in [0.2, 0.25) is 0 Å². The van der Waals surface area contributed by atoms with Crippen molar-refractivity contribution in [3.05, 3.63) is 46.9 Å². The van der Waals surface area contributed by atoms with Crippen LogP contribution in [0.5, 0.6) is 0 Å². The Morgan fingerprint density at radius 3 is 2.92 bits per heavy atom. The molecule has 2 aromatic heterocycles. The quantitative estimate of drug-likeness (QED) is 0.751. The Balaban J connectivity index is 1.36. The molecule has 7 heteroatoms. The summed E-state index contributed by atoms with van der Waals surface area (Å²) in [6, 6.07) is 7.67. The molecular weight excluding hydrogens is 346 g/mol. The predicted octanol–water partition coefficient (Wildman–Crippen LogP) is 2.97. The third kappa shape index (κ3) is 3.67. The van der Waals surface area contributed by atoms with Gasteiger partial charge in [-0.05, 0) is 38.0 Å². The lowest BCUT2D eigenvalue weighted by Crippen LogP contribution is -2.26. The zero-order chi connectivity index (χ0) is 17.9.